The van der Waals surface area contributed by atoms with Crippen molar-refractivity contribution in [2.75, 3.05) is 13.1 Å². The highest BCUT2D eigenvalue weighted by Gasteiger charge is 2.20. The highest BCUT2D eigenvalue weighted by Crippen LogP contribution is 2.23. The molecule has 0 radical (unpaired) electrons. The van der Waals surface area contributed by atoms with E-state index in [1.807, 2.05) is 25.6 Å². The molecule has 1 fully saturated rings. The van der Waals surface area contributed by atoms with E-state index in [-0.39, 0.29) is 12.1 Å². The summed E-state index contributed by atoms with van der Waals surface area (Å²) in [6.45, 7) is 5.29. The summed E-state index contributed by atoms with van der Waals surface area (Å²) in [5.74, 6) is 0.400. The maximum atomic E-state index is 11.8. The van der Waals surface area contributed by atoms with E-state index >= 15 is 0 Å². The van der Waals surface area contributed by atoms with Crippen LogP contribution < -0.4 is 10.6 Å². The molecule has 6 nitrogen and oxygen atoms in total. The highest BCUT2D eigenvalue weighted by molar-refractivity contribution is 5.73. The Kier molecular flexibility index (Phi) is 5.83. The molecule has 2 rings (SSSR count). The number of nitrogens with zero attached hydrogens (tertiary/aromatic N) is 2. The van der Waals surface area contributed by atoms with Crippen LogP contribution in [0.5, 0.6) is 0 Å². The van der Waals surface area contributed by atoms with Gasteiger partial charge in [-0.2, -0.15) is 5.10 Å². The predicted molar refractivity (Wildman–Crippen MR) is 85.8 cm³/mol. The molecule has 0 aliphatic heterocycles. The number of aliphatic hydroxyl groups excluding tert-OH is 1. The van der Waals surface area contributed by atoms with Crippen molar-refractivity contribution in [3.63, 3.8) is 0 Å². The van der Waals surface area contributed by atoms with Gasteiger partial charge in [-0.3, -0.25) is 4.68 Å². The molecule has 1 heterocycles. The first kappa shape index (κ1) is 16.8. The molecule has 2 unspecified atom stereocenters. The minimum atomic E-state index is -0.194. The van der Waals surface area contributed by atoms with Crippen molar-refractivity contribution in [1.82, 2.24) is 20.4 Å². The number of amides is 2. The molecule has 6 heteroatoms. The van der Waals surface area contributed by atoms with Crippen LogP contribution in [-0.2, 0) is 13.5 Å². The number of nitrogens with one attached hydrogen (secondary N) is 2. The summed E-state index contributed by atoms with van der Waals surface area (Å²) in [6, 6.07) is -0.126. The van der Waals surface area contributed by atoms with E-state index in [1.165, 1.54) is 5.56 Å². The molecule has 2 amide bonds. The standard InChI is InChI=1S/C16H28N4O2/c1-11-15(12(2)20(3)19-11)7-8-17-16(22)18-10-13-5-4-6-14(21)9-13/h13-14,21H,4-10H2,1-3H3,(H2,17,18,22). The lowest BCUT2D eigenvalue weighted by Crippen LogP contribution is -2.40. The molecule has 1 aliphatic carbocycles. The lowest BCUT2D eigenvalue weighted by atomic mass is 9.87. The van der Waals surface area contributed by atoms with Gasteiger partial charge in [-0.05, 0) is 51.0 Å². The van der Waals surface area contributed by atoms with Crippen LogP contribution in [0.3, 0.4) is 0 Å². The highest BCUT2D eigenvalue weighted by atomic mass is 16.3. The molecule has 124 valence electrons. The van der Waals surface area contributed by atoms with Gasteiger partial charge in [0.15, 0.2) is 0 Å². The minimum absolute atomic E-state index is 0.126. The predicted octanol–water partition coefficient (Wildman–Crippen LogP) is 1.43. The summed E-state index contributed by atoms with van der Waals surface area (Å²) >= 11 is 0. The summed E-state index contributed by atoms with van der Waals surface area (Å²) in [5, 5.41) is 19.8. The summed E-state index contributed by atoms with van der Waals surface area (Å²) < 4.78 is 1.87. The fraction of sp³-hybridized carbons (Fsp3) is 0.750. The molecule has 0 bridgehead atoms. The van der Waals surface area contributed by atoms with Gasteiger partial charge in [-0.15, -0.1) is 0 Å². The third-order valence-electron chi connectivity index (χ3n) is 4.63. The number of urea groups is 1. The molecule has 0 aromatic carbocycles. The molecule has 0 saturated heterocycles. The van der Waals surface area contributed by atoms with Crippen LogP contribution in [0.4, 0.5) is 4.79 Å². The number of aliphatic hydroxyl groups is 1. The van der Waals surface area contributed by atoms with Gasteiger partial charge in [0.25, 0.3) is 0 Å². The van der Waals surface area contributed by atoms with Crippen LogP contribution in [-0.4, -0.2) is 40.1 Å². The Bertz CT molecular complexity index is 512. The average Bonchev–Trinajstić information content (AvgIpc) is 2.71. The molecule has 1 saturated carbocycles. The fourth-order valence-electron chi connectivity index (χ4n) is 3.23. The van der Waals surface area contributed by atoms with Crippen LogP contribution in [0.2, 0.25) is 0 Å². The van der Waals surface area contributed by atoms with Crippen molar-refractivity contribution in [3.05, 3.63) is 17.0 Å². The summed E-state index contributed by atoms with van der Waals surface area (Å²) in [4.78, 5) is 11.8. The van der Waals surface area contributed by atoms with Gasteiger partial charge < -0.3 is 15.7 Å². The third kappa shape index (κ3) is 4.47. The van der Waals surface area contributed by atoms with Gasteiger partial charge in [0.1, 0.15) is 0 Å². The second kappa shape index (κ2) is 7.63. The maximum absolute atomic E-state index is 11.8. The Morgan fingerprint density at radius 2 is 2.14 bits per heavy atom. The van der Waals surface area contributed by atoms with Crippen molar-refractivity contribution >= 4 is 6.03 Å². The molecule has 1 aromatic heterocycles. The molecule has 22 heavy (non-hydrogen) atoms. The molecule has 1 aliphatic rings. The topological polar surface area (TPSA) is 79.2 Å². The van der Waals surface area contributed by atoms with E-state index in [1.54, 1.807) is 0 Å². The van der Waals surface area contributed by atoms with Crippen molar-refractivity contribution in [3.8, 4) is 0 Å². The van der Waals surface area contributed by atoms with Gasteiger partial charge in [-0.1, -0.05) is 6.42 Å². The summed E-state index contributed by atoms with van der Waals surface area (Å²) in [7, 11) is 1.94. The van der Waals surface area contributed by atoms with Gasteiger partial charge in [0, 0.05) is 25.8 Å². The monoisotopic (exact) mass is 308 g/mol. The van der Waals surface area contributed by atoms with Crippen molar-refractivity contribution < 1.29 is 9.90 Å². The van der Waals surface area contributed by atoms with E-state index in [0.29, 0.717) is 19.0 Å². The lowest BCUT2D eigenvalue weighted by Gasteiger charge is -2.25. The third-order valence-corrected chi connectivity index (χ3v) is 4.63. The van der Waals surface area contributed by atoms with E-state index in [0.717, 1.165) is 43.5 Å². The average molecular weight is 308 g/mol. The van der Waals surface area contributed by atoms with E-state index in [9.17, 15) is 9.90 Å². The number of carbonyl (C=O) groups excluding carboxylic acids is 1. The van der Waals surface area contributed by atoms with E-state index in [2.05, 4.69) is 15.7 Å². The molecule has 3 N–H and O–H groups in total. The zero-order chi connectivity index (χ0) is 16.1. The van der Waals surface area contributed by atoms with Gasteiger partial charge in [0.05, 0.1) is 11.8 Å². The zero-order valence-corrected chi connectivity index (χ0v) is 13.9. The van der Waals surface area contributed by atoms with Crippen LogP contribution in [0.1, 0.15) is 42.6 Å². The Labute approximate surface area is 132 Å². The normalized spacial score (nSPS) is 21.6. The Hall–Kier alpha value is -1.56. The first-order valence-corrected chi connectivity index (χ1v) is 8.16. The van der Waals surface area contributed by atoms with Gasteiger partial charge >= 0.3 is 6.03 Å². The van der Waals surface area contributed by atoms with Crippen molar-refractivity contribution in [1.29, 1.82) is 0 Å². The molecule has 1 aromatic rings. The quantitative estimate of drug-likeness (QED) is 0.770. The van der Waals surface area contributed by atoms with Crippen LogP contribution in [0, 0.1) is 19.8 Å². The Morgan fingerprint density at radius 1 is 1.36 bits per heavy atom. The molecular formula is C16H28N4O2. The number of carbonyl (C=O) groups is 1. The van der Waals surface area contributed by atoms with E-state index < -0.39 is 0 Å². The second-order valence-corrected chi connectivity index (χ2v) is 6.35. The molecule has 2 atom stereocenters. The Balaban J connectivity index is 1.67. The number of hydrogen-bond donors (Lipinski definition) is 3. The maximum Gasteiger partial charge on any atom is 0.314 e. The van der Waals surface area contributed by atoms with Crippen LogP contribution in [0.15, 0.2) is 0 Å². The van der Waals surface area contributed by atoms with Crippen LogP contribution in [0.25, 0.3) is 0 Å². The minimum Gasteiger partial charge on any atom is -0.393 e. The zero-order valence-electron chi connectivity index (χ0n) is 13.9. The number of rotatable bonds is 5. The lowest BCUT2D eigenvalue weighted by molar-refractivity contribution is 0.101. The largest absolute Gasteiger partial charge is 0.393 e. The number of aryl methyl sites for hydroxylation is 2. The van der Waals surface area contributed by atoms with E-state index in [4.69, 9.17) is 0 Å². The van der Waals surface area contributed by atoms with Crippen molar-refractivity contribution in [2.45, 2.75) is 52.1 Å². The van der Waals surface area contributed by atoms with Gasteiger partial charge in [0.2, 0.25) is 0 Å². The smallest absolute Gasteiger partial charge is 0.314 e. The van der Waals surface area contributed by atoms with Gasteiger partial charge in [-0.25, -0.2) is 4.79 Å². The van der Waals surface area contributed by atoms with Crippen LogP contribution >= 0.6 is 0 Å². The fourth-order valence-corrected chi connectivity index (χ4v) is 3.23. The Morgan fingerprint density at radius 3 is 2.77 bits per heavy atom. The molecule has 0 spiro atoms. The first-order chi connectivity index (χ1) is 10.5. The summed E-state index contributed by atoms with van der Waals surface area (Å²) in [5.41, 5.74) is 3.38. The number of aromatic nitrogens is 2. The first-order valence-electron chi connectivity index (χ1n) is 8.16. The van der Waals surface area contributed by atoms with Crippen molar-refractivity contribution in [2.24, 2.45) is 13.0 Å². The summed E-state index contributed by atoms with van der Waals surface area (Å²) in [6.07, 6.45) is 4.43. The SMILES string of the molecule is Cc1nn(C)c(C)c1CCNC(=O)NCC1CCCC(O)C1. The second-order valence-electron chi connectivity index (χ2n) is 6.35. The number of hydrogen-bond acceptors (Lipinski definition) is 3. The molecular weight excluding hydrogens is 280 g/mol.